The van der Waals surface area contributed by atoms with E-state index in [2.05, 4.69) is 9.97 Å². The Bertz CT molecular complexity index is 483. The molecule has 1 fully saturated rings. The Morgan fingerprint density at radius 2 is 2.41 bits per heavy atom. The second kappa shape index (κ2) is 4.75. The maximum atomic E-state index is 12.3. The van der Waals surface area contributed by atoms with Crippen molar-refractivity contribution < 1.29 is 13.5 Å². The van der Waals surface area contributed by atoms with Gasteiger partial charge in [-0.15, -0.1) is 0 Å². The van der Waals surface area contributed by atoms with Gasteiger partial charge in [0.25, 0.3) is 10.0 Å². The third-order valence-electron chi connectivity index (χ3n) is 3.06. The van der Waals surface area contributed by atoms with Crippen LogP contribution in [0.15, 0.2) is 11.2 Å². The molecule has 0 bridgehead atoms. The maximum Gasteiger partial charge on any atom is 0.260 e. The third-order valence-corrected chi connectivity index (χ3v) is 4.92. The van der Waals surface area contributed by atoms with Gasteiger partial charge in [-0.25, -0.2) is 13.4 Å². The Labute approximate surface area is 101 Å². The fraction of sp³-hybridized carbons (Fsp3) is 0.700. The van der Waals surface area contributed by atoms with Crippen LogP contribution in [0.1, 0.15) is 25.6 Å². The Kier molecular flexibility index (Phi) is 3.50. The van der Waals surface area contributed by atoms with E-state index in [-0.39, 0.29) is 17.7 Å². The minimum atomic E-state index is -3.53. The van der Waals surface area contributed by atoms with Crippen LogP contribution in [0, 0.1) is 0 Å². The summed E-state index contributed by atoms with van der Waals surface area (Å²) in [6.07, 6.45) is 3.52. The zero-order valence-corrected chi connectivity index (χ0v) is 10.6. The van der Waals surface area contributed by atoms with E-state index in [4.69, 9.17) is 5.11 Å². The van der Waals surface area contributed by atoms with Gasteiger partial charge in [-0.05, 0) is 12.8 Å². The number of imidazole rings is 1. The van der Waals surface area contributed by atoms with E-state index in [0.717, 1.165) is 6.42 Å². The molecule has 1 atom stereocenters. The Balaban J connectivity index is 2.29. The van der Waals surface area contributed by atoms with Gasteiger partial charge in [-0.1, -0.05) is 6.92 Å². The largest absolute Gasteiger partial charge is 0.395 e. The molecule has 0 radical (unpaired) electrons. The summed E-state index contributed by atoms with van der Waals surface area (Å²) in [6.45, 7) is 2.24. The smallest absolute Gasteiger partial charge is 0.260 e. The van der Waals surface area contributed by atoms with Gasteiger partial charge in [0.2, 0.25) is 0 Å². The van der Waals surface area contributed by atoms with Gasteiger partial charge in [0, 0.05) is 19.0 Å². The highest BCUT2D eigenvalue weighted by atomic mass is 32.2. The lowest BCUT2D eigenvalue weighted by atomic mass is 10.2. The SMILES string of the molecule is CCc1ncc(S(=O)(=O)N2CCC[C@H]2CO)[nH]1. The molecular formula is C10H17N3O3S. The van der Waals surface area contributed by atoms with Crippen molar-refractivity contribution in [1.82, 2.24) is 14.3 Å². The molecule has 0 amide bonds. The number of nitrogens with zero attached hydrogens (tertiary/aromatic N) is 2. The molecule has 2 heterocycles. The average Bonchev–Trinajstić information content (AvgIpc) is 2.97. The van der Waals surface area contributed by atoms with E-state index < -0.39 is 10.0 Å². The number of sulfonamides is 1. The van der Waals surface area contributed by atoms with Crippen LogP contribution in [-0.2, 0) is 16.4 Å². The Hall–Kier alpha value is -0.920. The standard InChI is InChI=1S/C10H17N3O3S/c1-2-9-11-6-10(12-9)17(15,16)13-5-3-4-8(13)7-14/h6,8,14H,2-5,7H2,1H3,(H,11,12)/t8-/m0/s1. The normalized spacial score (nSPS) is 22.1. The van der Waals surface area contributed by atoms with Crippen molar-refractivity contribution in [2.24, 2.45) is 0 Å². The van der Waals surface area contributed by atoms with Crippen molar-refractivity contribution in [3.63, 3.8) is 0 Å². The molecule has 7 heteroatoms. The summed E-state index contributed by atoms with van der Waals surface area (Å²) in [5, 5.41) is 9.29. The molecule has 17 heavy (non-hydrogen) atoms. The molecule has 2 rings (SSSR count). The molecule has 2 N–H and O–H groups in total. The van der Waals surface area contributed by atoms with Crippen LogP contribution in [0.4, 0.5) is 0 Å². The zero-order chi connectivity index (χ0) is 12.5. The van der Waals surface area contributed by atoms with E-state index in [1.807, 2.05) is 6.92 Å². The molecule has 0 saturated carbocycles. The van der Waals surface area contributed by atoms with Crippen molar-refractivity contribution >= 4 is 10.0 Å². The predicted octanol–water partition coefficient (Wildman–Crippen LogP) is 0.118. The summed E-state index contributed by atoms with van der Waals surface area (Å²) in [7, 11) is -3.53. The number of rotatable bonds is 4. The highest BCUT2D eigenvalue weighted by molar-refractivity contribution is 7.89. The van der Waals surface area contributed by atoms with Gasteiger partial charge in [-0.3, -0.25) is 0 Å². The van der Waals surface area contributed by atoms with Crippen LogP contribution < -0.4 is 0 Å². The van der Waals surface area contributed by atoms with E-state index in [9.17, 15) is 8.42 Å². The number of hydrogen-bond donors (Lipinski definition) is 2. The van der Waals surface area contributed by atoms with Gasteiger partial charge in [0.1, 0.15) is 5.82 Å². The van der Waals surface area contributed by atoms with Crippen molar-refractivity contribution in [3.05, 3.63) is 12.0 Å². The molecule has 1 aliphatic rings. The van der Waals surface area contributed by atoms with Crippen LogP contribution in [0.25, 0.3) is 0 Å². The second-order valence-corrected chi connectivity index (χ2v) is 6.00. The summed E-state index contributed by atoms with van der Waals surface area (Å²) in [5.41, 5.74) is 0. The predicted molar refractivity (Wildman–Crippen MR) is 62.0 cm³/mol. The first-order chi connectivity index (χ1) is 8.09. The first kappa shape index (κ1) is 12.5. The fourth-order valence-electron chi connectivity index (χ4n) is 2.09. The quantitative estimate of drug-likeness (QED) is 0.804. The van der Waals surface area contributed by atoms with Crippen molar-refractivity contribution in [3.8, 4) is 0 Å². The van der Waals surface area contributed by atoms with Gasteiger partial charge < -0.3 is 10.1 Å². The maximum absolute atomic E-state index is 12.3. The molecule has 1 aromatic heterocycles. The van der Waals surface area contributed by atoms with Gasteiger partial charge in [0.15, 0.2) is 5.03 Å². The van der Waals surface area contributed by atoms with E-state index in [1.54, 1.807) is 0 Å². The topological polar surface area (TPSA) is 86.3 Å². The highest BCUT2D eigenvalue weighted by Gasteiger charge is 2.35. The van der Waals surface area contributed by atoms with Crippen LogP contribution in [-0.4, -0.2) is 47.0 Å². The summed E-state index contributed by atoms with van der Waals surface area (Å²) >= 11 is 0. The molecular weight excluding hydrogens is 242 g/mol. The number of aromatic nitrogens is 2. The highest BCUT2D eigenvalue weighted by Crippen LogP contribution is 2.24. The summed E-state index contributed by atoms with van der Waals surface area (Å²) in [5.74, 6) is 0.656. The lowest BCUT2D eigenvalue weighted by molar-refractivity contribution is 0.213. The van der Waals surface area contributed by atoms with Crippen LogP contribution in [0.5, 0.6) is 0 Å². The first-order valence-corrected chi connectivity index (χ1v) is 7.20. The molecule has 0 spiro atoms. The number of aliphatic hydroxyl groups is 1. The molecule has 0 unspecified atom stereocenters. The molecule has 1 aliphatic heterocycles. The lowest BCUT2D eigenvalue weighted by Gasteiger charge is -2.21. The van der Waals surface area contributed by atoms with Gasteiger partial charge in [-0.2, -0.15) is 4.31 Å². The number of aliphatic hydroxyl groups excluding tert-OH is 1. The van der Waals surface area contributed by atoms with Crippen LogP contribution in [0.3, 0.4) is 0 Å². The number of H-pyrrole nitrogens is 1. The fourth-order valence-corrected chi connectivity index (χ4v) is 3.71. The minimum Gasteiger partial charge on any atom is -0.395 e. The van der Waals surface area contributed by atoms with Crippen molar-refractivity contribution in [2.75, 3.05) is 13.2 Å². The van der Waals surface area contributed by atoms with Gasteiger partial charge >= 0.3 is 0 Å². The number of nitrogens with one attached hydrogen (secondary N) is 1. The Morgan fingerprint density at radius 1 is 1.65 bits per heavy atom. The van der Waals surface area contributed by atoms with Crippen molar-refractivity contribution in [2.45, 2.75) is 37.3 Å². The summed E-state index contributed by atoms with van der Waals surface area (Å²) in [6, 6.07) is -0.298. The van der Waals surface area contributed by atoms with E-state index >= 15 is 0 Å². The Morgan fingerprint density at radius 3 is 3.00 bits per heavy atom. The number of aryl methyl sites for hydroxylation is 1. The summed E-state index contributed by atoms with van der Waals surface area (Å²) < 4.78 is 25.9. The zero-order valence-electron chi connectivity index (χ0n) is 9.76. The molecule has 1 aromatic rings. The average molecular weight is 259 g/mol. The number of hydrogen-bond acceptors (Lipinski definition) is 4. The monoisotopic (exact) mass is 259 g/mol. The van der Waals surface area contributed by atoms with E-state index in [1.165, 1.54) is 10.5 Å². The molecule has 0 aromatic carbocycles. The van der Waals surface area contributed by atoms with Gasteiger partial charge in [0.05, 0.1) is 12.8 Å². The van der Waals surface area contributed by atoms with Crippen LogP contribution >= 0.6 is 0 Å². The van der Waals surface area contributed by atoms with E-state index in [0.29, 0.717) is 25.2 Å². The molecule has 1 saturated heterocycles. The van der Waals surface area contributed by atoms with Crippen molar-refractivity contribution in [1.29, 1.82) is 0 Å². The minimum absolute atomic E-state index is 0.120. The second-order valence-electron chi connectivity index (χ2n) is 4.14. The first-order valence-electron chi connectivity index (χ1n) is 5.76. The molecule has 6 nitrogen and oxygen atoms in total. The molecule has 96 valence electrons. The summed E-state index contributed by atoms with van der Waals surface area (Å²) in [4.78, 5) is 6.80. The van der Waals surface area contributed by atoms with Crippen LogP contribution in [0.2, 0.25) is 0 Å². The molecule has 0 aliphatic carbocycles. The number of aromatic amines is 1. The lowest BCUT2D eigenvalue weighted by Crippen LogP contribution is -2.37. The third kappa shape index (κ3) is 2.22.